The maximum atomic E-state index is 12.0. The van der Waals surface area contributed by atoms with Crippen LogP contribution in [0.3, 0.4) is 0 Å². The maximum absolute atomic E-state index is 12.0. The second-order valence-electron chi connectivity index (χ2n) is 3.62. The molecule has 2 rings (SSSR count). The number of anilines is 1. The third-order valence-corrected chi connectivity index (χ3v) is 4.01. The monoisotopic (exact) mass is 289 g/mol. The first-order valence-corrected chi connectivity index (χ1v) is 7.12. The van der Waals surface area contributed by atoms with Crippen LogP contribution in [0.1, 0.15) is 6.42 Å². The molecule has 10 heteroatoms. The summed E-state index contributed by atoms with van der Waals surface area (Å²) in [5, 5.41) is 18.7. The molecule has 8 nitrogen and oxygen atoms in total. The van der Waals surface area contributed by atoms with Gasteiger partial charge in [0, 0.05) is 29.6 Å². The van der Waals surface area contributed by atoms with E-state index in [0.717, 1.165) is 17.3 Å². The molecule has 1 fully saturated rings. The quantitative estimate of drug-likeness (QED) is 0.826. The fraction of sp³-hybridized carbons (Fsp3) is 0.625. The fourth-order valence-electron chi connectivity index (χ4n) is 1.64. The normalized spacial score (nSPS) is 19.6. The first kappa shape index (κ1) is 13.0. The van der Waals surface area contributed by atoms with Crippen LogP contribution in [0.4, 0.5) is 9.93 Å². The Hall–Kier alpha value is -1.42. The van der Waals surface area contributed by atoms with Gasteiger partial charge in [0.25, 0.3) is 0 Å². The van der Waals surface area contributed by atoms with Crippen LogP contribution in [0.2, 0.25) is 0 Å². The highest BCUT2D eigenvalue weighted by atomic mass is 32.2. The predicted octanol–water partition coefficient (Wildman–Crippen LogP) is 0.357. The number of hydrogen-bond acceptors (Lipinski definition) is 7. The zero-order valence-electron chi connectivity index (χ0n) is 9.27. The lowest BCUT2D eigenvalue weighted by Gasteiger charge is -2.34. The molecule has 0 aliphatic carbocycles. The van der Waals surface area contributed by atoms with E-state index in [0.29, 0.717) is 17.4 Å². The van der Waals surface area contributed by atoms with E-state index in [1.165, 1.54) is 4.90 Å². The van der Waals surface area contributed by atoms with E-state index in [4.69, 9.17) is 5.11 Å². The number of aliphatic carboxylic acids is 1. The number of nitrogens with one attached hydrogen (secondary N) is 1. The highest BCUT2D eigenvalue weighted by Gasteiger charge is 2.29. The first-order chi connectivity index (χ1) is 8.66. The Morgan fingerprint density at radius 3 is 3.06 bits per heavy atom. The van der Waals surface area contributed by atoms with Crippen LogP contribution in [0, 0.1) is 0 Å². The number of amides is 2. The molecule has 1 unspecified atom stereocenters. The summed E-state index contributed by atoms with van der Waals surface area (Å²) in [6.07, 6.45) is -0.0468. The molecular weight excluding hydrogens is 278 g/mol. The summed E-state index contributed by atoms with van der Waals surface area (Å²) in [7, 11) is 0. The summed E-state index contributed by atoms with van der Waals surface area (Å²) in [6, 6.07) is -0.637. The molecule has 1 aromatic heterocycles. The Labute approximate surface area is 111 Å². The number of aromatic nitrogens is 3. The minimum Gasteiger partial charge on any atom is -0.481 e. The fourth-order valence-corrected chi connectivity index (χ4v) is 3.06. The molecule has 0 aromatic carbocycles. The molecule has 18 heavy (non-hydrogen) atoms. The standard InChI is InChI=1S/C8H11N5O3S2/c14-6(15)3-5-4-17-2-1-13(5)8(16)9-7-10-11-12-18-7/h5H,1-4H2,(H,14,15)(H,9,10,12,16). The largest absolute Gasteiger partial charge is 0.481 e. The molecule has 1 aliphatic rings. The van der Waals surface area contributed by atoms with Crippen molar-refractivity contribution < 1.29 is 14.7 Å². The number of hydrogen-bond donors (Lipinski definition) is 2. The number of carbonyl (C=O) groups is 2. The van der Waals surface area contributed by atoms with Crippen LogP contribution in [0.25, 0.3) is 0 Å². The minimum absolute atomic E-state index is 0.0468. The van der Waals surface area contributed by atoms with Crippen LogP contribution in [0.15, 0.2) is 0 Å². The Kier molecular flexibility index (Phi) is 4.31. The summed E-state index contributed by atoms with van der Waals surface area (Å²) in [4.78, 5) is 24.3. The molecule has 1 atom stereocenters. The van der Waals surface area contributed by atoms with Gasteiger partial charge in [-0.2, -0.15) is 11.8 Å². The molecule has 1 aliphatic heterocycles. The van der Waals surface area contributed by atoms with E-state index in [2.05, 4.69) is 20.1 Å². The molecule has 1 saturated heterocycles. The van der Waals surface area contributed by atoms with Crippen molar-refractivity contribution in [3.8, 4) is 0 Å². The van der Waals surface area contributed by atoms with E-state index >= 15 is 0 Å². The van der Waals surface area contributed by atoms with Crippen LogP contribution < -0.4 is 5.32 Å². The summed E-state index contributed by atoms with van der Waals surface area (Å²) in [5.41, 5.74) is 0. The van der Waals surface area contributed by atoms with Gasteiger partial charge in [0.05, 0.1) is 12.5 Å². The van der Waals surface area contributed by atoms with Crippen LogP contribution in [0.5, 0.6) is 0 Å². The van der Waals surface area contributed by atoms with E-state index < -0.39 is 5.97 Å². The van der Waals surface area contributed by atoms with Gasteiger partial charge in [-0.25, -0.2) is 4.79 Å². The number of urea groups is 1. The first-order valence-electron chi connectivity index (χ1n) is 5.19. The molecule has 0 radical (unpaired) electrons. The zero-order chi connectivity index (χ0) is 13.0. The number of carboxylic acids is 1. The van der Waals surface area contributed by atoms with Crippen molar-refractivity contribution in [3.63, 3.8) is 0 Å². The Bertz CT molecular complexity index is 426. The summed E-state index contributed by atoms with van der Waals surface area (Å²) in [5.74, 6) is 0.532. The topological polar surface area (TPSA) is 108 Å². The summed E-state index contributed by atoms with van der Waals surface area (Å²) < 4.78 is 3.54. The Morgan fingerprint density at radius 2 is 2.39 bits per heavy atom. The highest BCUT2D eigenvalue weighted by molar-refractivity contribution is 7.99. The van der Waals surface area contributed by atoms with Crippen LogP contribution in [-0.4, -0.2) is 60.9 Å². The third-order valence-electron chi connectivity index (χ3n) is 2.41. The lowest BCUT2D eigenvalue weighted by molar-refractivity contribution is -0.137. The Balaban J connectivity index is 1.99. The van der Waals surface area contributed by atoms with Crippen LogP contribution in [-0.2, 0) is 4.79 Å². The average Bonchev–Trinajstić information content (AvgIpc) is 2.81. The maximum Gasteiger partial charge on any atom is 0.324 e. The van der Waals surface area contributed by atoms with Gasteiger partial charge in [0.2, 0.25) is 5.13 Å². The average molecular weight is 289 g/mol. The number of nitrogens with zero attached hydrogens (tertiary/aromatic N) is 4. The molecule has 2 heterocycles. The highest BCUT2D eigenvalue weighted by Crippen LogP contribution is 2.20. The van der Waals surface area contributed by atoms with Crippen molar-refractivity contribution in [2.75, 3.05) is 23.4 Å². The number of thioether (sulfide) groups is 1. The van der Waals surface area contributed by atoms with E-state index in [9.17, 15) is 9.59 Å². The van der Waals surface area contributed by atoms with Gasteiger partial charge in [-0.15, -0.1) is 0 Å². The molecule has 2 amide bonds. The van der Waals surface area contributed by atoms with E-state index in [1.807, 2.05) is 0 Å². The Morgan fingerprint density at radius 1 is 1.56 bits per heavy atom. The summed E-state index contributed by atoms with van der Waals surface area (Å²) >= 11 is 2.63. The van der Waals surface area contributed by atoms with Crippen molar-refractivity contribution in [1.29, 1.82) is 0 Å². The zero-order valence-corrected chi connectivity index (χ0v) is 10.9. The number of carbonyl (C=O) groups excluding carboxylic acids is 1. The molecule has 1 aromatic rings. The van der Waals surface area contributed by atoms with E-state index in [-0.39, 0.29) is 18.5 Å². The second-order valence-corrected chi connectivity index (χ2v) is 5.50. The smallest absolute Gasteiger partial charge is 0.324 e. The van der Waals surface area contributed by atoms with Gasteiger partial charge < -0.3 is 10.0 Å². The van der Waals surface area contributed by atoms with Crippen molar-refractivity contribution in [2.45, 2.75) is 12.5 Å². The molecular formula is C8H11N5O3S2. The van der Waals surface area contributed by atoms with Gasteiger partial charge in [0.15, 0.2) is 0 Å². The van der Waals surface area contributed by atoms with Gasteiger partial charge in [-0.1, -0.05) is 9.59 Å². The lowest BCUT2D eigenvalue weighted by atomic mass is 10.2. The van der Waals surface area contributed by atoms with E-state index in [1.54, 1.807) is 11.8 Å². The van der Waals surface area contributed by atoms with Crippen molar-refractivity contribution in [3.05, 3.63) is 0 Å². The molecule has 98 valence electrons. The number of carboxylic acid groups (broad SMARTS) is 1. The third kappa shape index (κ3) is 3.29. The van der Waals surface area contributed by atoms with Gasteiger partial charge in [0.1, 0.15) is 0 Å². The molecule has 0 saturated carbocycles. The van der Waals surface area contributed by atoms with Gasteiger partial charge >= 0.3 is 12.0 Å². The predicted molar refractivity (Wildman–Crippen MR) is 66.8 cm³/mol. The lowest BCUT2D eigenvalue weighted by Crippen LogP contribution is -2.48. The van der Waals surface area contributed by atoms with Crippen LogP contribution >= 0.6 is 23.3 Å². The molecule has 0 bridgehead atoms. The SMILES string of the molecule is O=C(O)CC1CSCCN1C(=O)Nc1nnns1. The van der Waals surface area contributed by atoms with Crippen molar-refractivity contribution >= 4 is 40.4 Å². The van der Waals surface area contributed by atoms with Crippen molar-refractivity contribution in [2.24, 2.45) is 0 Å². The molecule has 0 spiro atoms. The molecule has 2 N–H and O–H groups in total. The van der Waals surface area contributed by atoms with Gasteiger partial charge in [-0.3, -0.25) is 10.1 Å². The van der Waals surface area contributed by atoms with Crippen molar-refractivity contribution in [1.82, 2.24) is 19.7 Å². The van der Waals surface area contributed by atoms with Gasteiger partial charge in [-0.05, 0) is 5.21 Å². The number of rotatable bonds is 3. The second kappa shape index (κ2) is 5.96. The minimum atomic E-state index is -0.905. The summed E-state index contributed by atoms with van der Waals surface area (Å²) in [6.45, 7) is 0.528.